The summed E-state index contributed by atoms with van der Waals surface area (Å²) in [6.45, 7) is 0. The lowest BCUT2D eigenvalue weighted by Gasteiger charge is -2.00. The van der Waals surface area contributed by atoms with E-state index in [0.29, 0.717) is 5.82 Å². The average molecular weight is 200 g/mol. The van der Waals surface area contributed by atoms with E-state index in [2.05, 4.69) is 15.2 Å². The molecule has 0 amide bonds. The van der Waals surface area contributed by atoms with Gasteiger partial charge >= 0.3 is 0 Å². The first kappa shape index (κ1) is 9.58. The second-order valence-corrected chi connectivity index (χ2v) is 3.30. The second-order valence-electron chi connectivity index (χ2n) is 3.30. The van der Waals surface area contributed by atoms with Crippen molar-refractivity contribution in [3.8, 4) is 0 Å². The maximum absolute atomic E-state index is 5.45. The van der Waals surface area contributed by atoms with Crippen LogP contribution in [-0.2, 0) is 12.8 Å². The molecule has 0 bridgehead atoms. The van der Waals surface area contributed by atoms with Gasteiger partial charge in [-0.3, -0.25) is 4.98 Å². The Bertz CT molecular complexity index is 410. The molecule has 4 nitrogen and oxygen atoms in total. The maximum atomic E-state index is 5.45. The number of nitrogens with two attached hydrogens (primary N) is 1. The number of nitrogens with zero attached hydrogens (tertiary/aromatic N) is 3. The zero-order valence-electron chi connectivity index (χ0n) is 8.30. The van der Waals surface area contributed by atoms with Gasteiger partial charge in [-0.15, -0.1) is 5.10 Å². The highest BCUT2D eigenvalue weighted by Crippen LogP contribution is 2.04. The van der Waals surface area contributed by atoms with Crippen molar-refractivity contribution in [2.45, 2.75) is 12.8 Å². The summed E-state index contributed by atoms with van der Waals surface area (Å²) in [5.41, 5.74) is 7.66. The van der Waals surface area contributed by atoms with E-state index in [-0.39, 0.29) is 0 Å². The van der Waals surface area contributed by atoms with Crippen molar-refractivity contribution in [2.24, 2.45) is 0 Å². The molecule has 15 heavy (non-hydrogen) atoms. The summed E-state index contributed by atoms with van der Waals surface area (Å²) in [5.74, 6) is 0.461. The Hall–Kier alpha value is -1.97. The Morgan fingerprint density at radius 3 is 2.40 bits per heavy atom. The van der Waals surface area contributed by atoms with E-state index in [4.69, 9.17) is 5.73 Å². The first-order valence-corrected chi connectivity index (χ1v) is 4.81. The molecule has 0 radical (unpaired) electrons. The first-order chi connectivity index (χ1) is 7.34. The maximum Gasteiger partial charge on any atom is 0.146 e. The minimum atomic E-state index is 0.461. The molecule has 76 valence electrons. The SMILES string of the molecule is Nc1ccc(CCc2ccncc2)nn1. The lowest BCUT2D eigenvalue weighted by atomic mass is 10.1. The van der Waals surface area contributed by atoms with E-state index in [1.54, 1.807) is 18.5 Å². The number of hydrogen-bond acceptors (Lipinski definition) is 4. The number of hydrogen-bond donors (Lipinski definition) is 1. The van der Waals surface area contributed by atoms with Crippen molar-refractivity contribution in [2.75, 3.05) is 5.73 Å². The molecule has 0 fully saturated rings. The van der Waals surface area contributed by atoms with Crippen LogP contribution in [0.4, 0.5) is 5.82 Å². The summed E-state index contributed by atoms with van der Waals surface area (Å²) in [4.78, 5) is 3.97. The van der Waals surface area contributed by atoms with Gasteiger partial charge in [-0.2, -0.15) is 5.10 Å². The van der Waals surface area contributed by atoms with Gasteiger partial charge in [0.2, 0.25) is 0 Å². The summed E-state index contributed by atoms with van der Waals surface area (Å²) < 4.78 is 0. The summed E-state index contributed by atoms with van der Waals surface area (Å²) in [6.07, 6.45) is 5.41. The molecule has 0 aliphatic carbocycles. The molecule has 0 unspecified atom stereocenters. The van der Waals surface area contributed by atoms with Gasteiger partial charge < -0.3 is 5.73 Å². The van der Waals surface area contributed by atoms with Crippen LogP contribution < -0.4 is 5.73 Å². The molecule has 2 aromatic rings. The van der Waals surface area contributed by atoms with Gasteiger partial charge in [-0.1, -0.05) is 0 Å². The van der Waals surface area contributed by atoms with Crippen LogP contribution in [0, 0.1) is 0 Å². The molecule has 0 saturated heterocycles. The minimum absolute atomic E-state index is 0.461. The van der Waals surface area contributed by atoms with Crippen molar-refractivity contribution in [3.05, 3.63) is 47.9 Å². The summed E-state index contributed by atoms with van der Waals surface area (Å²) in [5, 5.41) is 7.81. The monoisotopic (exact) mass is 200 g/mol. The zero-order chi connectivity index (χ0) is 10.5. The predicted octanol–water partition coefficient (Wildman–Crippen LogP) is 1.24. The van der Waals surface area contributed by atoms with E-state index in [0.717, 1.165) is 18.5 Å². The summed E-state index contributed by atoms with van der Waals surface area (Å²) in [6, 6.07) is 7.69. The van der Waals surface area contributed by atoms with Crippen LogP contribution in [0.3, 0.4) is 0 Å². The van der Waals surface area contributed by atoms with Gasteiger partial charge in [-0.05, 0) is 42.7 Å². The van der Waals surface area contributed by atoms with Crippen LogP contribution >= 0.6 is 0 Å². The lowest BCUT2D eigenvalue weighted by Crippen LogP contribution is -1.99. The predicted molar refractivity (Wildman–Crippen MR) is 58.1 cm³/mol. The normalized spacial score (nSPS) is 10.1. The summed E-state index contributed by atoms with van der Waals surface area (Å²) in [7, 11) is 0. The highest BCUT2D eigenvalue weighted by molar-refractivity contribution is 5.25. The fraction of sp³-hybridized carbons (Fsp3) is 0.182. The number of anilines is 1. The topological polar surface area (TPSA) is 64.7 Å². The van der Waals surface area contributed by atoms with Crippen molar-refractivity contribution in [1.82, 2.24) is 15.2 Å². The van der Waals surface area contributed by atoms with Gasteiger partial charge in [-0.25, -0.2) is 0 Å². The fourth-order valence-electron chi connectivity index (χ4n) is 1.33. The molecular weight excluding hydrogens is 188 g/mol. The number of aryl methyl sites for hydroxylation is 2. The third kappa shape index (κ3) is 2.74. The third-order valence-electron chi connectivity index (χ3n) is 2.16. The Kier molecular flexibility index (Phi) is 2.88. The van der Waals surface area contributed by atoms with E-state index in [9.17, 15) is 0 Å². The molecule has 0 aliphatic rings. The van der Waals surface area contributed by atoms with Gasteiger partial charge in [0.1, 0.15) is 5.82 Å². The molecule has 2 rings (SSSR count). The molecule has 0 aliphatic heterocycles. The van der Waals surface area contributed by atoms with Crippen molar-refractivity contribution >= 4 is 5.82 Å². The van der Waals surface area contributed by atoms with Gasteiger partial charge in [0.15, 0.2) is 0 Å². The molecule has 0 aromatic carbocycles. The third-order valence-corrected chi connectivity index (χ3v) is 2.16. The lowest BCUT2D eigenvalue weighted by molar-refractivity contribution is 0.861. The van der Waals surface area contributed by atoms with Crippen molar-refractivity contribution in [1.29, 1.82) is 0 Å². The van der Waals surface area contributed by atoms with Crippen LogP contribution in [0.5, 0.6) is 0 Å². The van der Waals surface area contributed by atoms with Gasteiger partial charge in [0.25, 0.3) is 0 Å². The van der Waals surface area contributed by atoms with Crippen molar-refractivity contribution < 1.29 is 0 Å². The molecule has 2 heterocycles. The van der Waals surface area contributed by atoms with Crippen LogP contribution in [0.25, 0.3) is 0 Å². The smallest absolute Gasteiger partial charge is 0.146 e. The van der Waals surface area contributed by atoms with E-state index in [1.165, 1.54) is 5.56 Å². The number of aromatic nitrogens is 3. The van der Waals surface area contributed by atoms with E-state index >= 15 is 0 Å². The number of pyridine rings is 1. The standard InChI is InChI=1S/C11H12N4/c12-11-4-3-10(14-15-11)2-1-9-5-7-13-8-6-9/h3-8H,1-2H2,(H2,12,15). The zero-order valence-corrected chi connectivity index (χ0v) is 8.30. The Morgan fingerprint density at radius 2 is 1.73 bits per heavy atom. The first-order valence-electron chi connectivity index (χ1n) is 4.81. The highest BCUT2D eigenvalue weighted by atomic mass is 15.1. The quantitative estimate of drug-likeness (QED) is 0.809. The highest BCUT2D eigenvalue weighted by Gasteiger charge is 1.97. The van der Waals surface area contributed by atoms with E-state index in [1.807, 2.05) is 18.2 Å². The largest absolute Gasteiger partial charge is 0.382 e. The van der Waals surface area contributed by atoms with E-state index < -0.39 is 0 Å². The van der Waals surface area contributed by atoms with Crippen molar-refractivity contribution in [3.63, 3.8) is 0 Å². The number of rotatable bonds is 3. The Morgan fingerprint density at radius 1 is 0.933 bits per heavy atom. The minimum Gasteiger partial charge on any atom is -0.382 e. The van der Waals surface area contributed by atoms with Crippen LogP contribution in [0.1, 0.15) is 11.3 Å². The van der Waals surface area contributed by atoms with Gasteiger partial charge in [0.05, 0.1) is 5.69 Å². The Balaban J connectivity index is 1.96. The van der Waals surface area contributed by atoms with Gasteiger partial charge in [0, 0.05) is 12.4 Å². The Labute approximate surface area is 88.2 Å². The van der Waals surface area contributed by atoms with Crippen LogP contribution in [-0.4, -0.2) is 15.2 Å². The molecular formula is C11H12N4. The molecule has 0 atom stereocenters. The molecule has 2 aromatic heterocycles. The van der Waals surface area contributed by atoms with Crippen LogP contribution in [0.2, 0.25) is 0 Å². The molecule has 2 N–H and O–H groups in total. The molecule has 0 spiro atoms. The second kappa shape index (κ2) is 4.50. The summed E-state index contributed by atoms with van der Waals surface area (Å²) >= 11 is 0. The number of nitrogen functional groups attached to an aromatic ring is 1. The average Bonchev–Trinajstić information content (AvgIpc) is 2.30. The fourth-order valence-corrected chi connectivity index (χ4v) is 1.33. The molecule has 0 saturated carbocycles. The molecule has 4 heteroatoms. The van der Waals surface area contributed by atoms with Crippen LogP contribution in [0.15, 0.2) is 36.7 Å².